The topological polar surface area (TPSA) is 56.0 Å². The van der Waals surface area contributed by atoms with Crippen molar-refractivity contribution in [2.75, 3.05) is 66.0 Å². The first-order valence-corrected chi connectivity index (χ1v) is 8.80. The molecule has 0 saturated carbocycles. The van der Waals surface area contributed by atoms with Crippen LogP contribution in [0.1, 0.15) is 19.3 Å². The fourth-order valence-corrected chi connectivity index (χ4v) is 3.99. The van der Waals surface area contributed by atoms with Crippen LogP contribution in [0.2, 0.25) is 0 Å². The molecule has 1 atom stereocenters. The smallest absolute Gasteiger partial charge is 0.236 e. The van der Waals surface area contributed by atoms with Crippen LogP contribution >= 0.6 is 0 Å². The highest BCUT2D eigenvalue weighted by molar-refractivity contribution is 5.78. The third-order valence-corrected chi connectivity index (χ3v) is 5.54. The molecule has 3 saturated heterocycles. The predicted octanol–water partition coefficient (Wildman–Crippen LogP) is -0.742. The summed E-state index contributed by atoms with van der Waals surface area (Å²) in [7, 11) is 2.21. The monoisotopic (exact) mass is 309 g/mol. The lowest BCUT2D eigenvalue weighted by Gasteiger charge is -2.42. The van der Waals surface area contributed by atoms with Crippen molar-refractivity contribution in [2.24, 2.45) is 5.73 Å². The predicted molar refractivity (Wildman–Crippen MR) is 87.7 cm³/mol. The van der Waals surface area contributed by atoms with Crippen LogP contribution in [0.15, 0.2) is 0 Å². The molecule has 6 heteroatoms. The number of nitrogens with zero attached hydrogens (tertiary/aromatic N) is 4. The van der Waals surface area contributed by atoms with Crippen LogP contribution in [0.5, 0.6) is 0 Å². The second-order valence-electron chi connectivity index (χ2n) is 7.24. The zero-order chi connectivity index (χ0) is 15.5. The fraction of sp³-hybridized carbons (Fsp3) is 0.938. The molecule has 0 aromatic rings. The number of amides is 1. The van der Waals surface area contributed by atoms with Gasteiger partial charge in [-0.3, -0.25) is 14.6 Å². The summed E-state index contributed by atoms with van der Waals surface area (Å²) >= 11 is 0. The van der Waals surface area contributed by atoms with Gasteiger partial charge in [-0.25, -0.2) is 0 Å². The SMILES string of the molecule is CN1CCC(N2CCN(C(=O)CN3CC[C@@H](N)C3)CC2)CC1. The Labute approximate surface area is 134 Å². The van der Waals surface area contributed by atoms with E-state index < -0.39 is 0 Å². The molecule has 0 unspecified atom stereocenters. The largest absolute Gasteiger partial charge is 0.339 e. The van der Waals surface area contributed by atoms with Gasteiger partial charge in [0.2, 0.25) is 5.91 Å². The van der Waals surface area contributed by atoms with Gasteiger partial charge in [0.1, 0.15) is 0 Å². The number of rotatable bonds is 3. The van der Waals surface area contributed by atoms with Gasteiger partial charge in [-0.05, 0) is 39.4 Å². The molecule has 6 nitrogen and oxygen atoms in total. The summed E-state index contributed by atoms with van der Waals surface area (Å²) < 4.78 is 0. The maximum absolute atomic E-state index is 12.4. The zero-order valence-corrected chi connectivity index (χ0v) is 13.9. The lowest BCUT2D eigenvalue weighted by Crippen LogP contribution is -2.55. The number of carbonyl (C=O) groups excluding carboxylic acids is 1. The molecule has 3 aliphatic rings. The molecule has 0 bridgehead atoms. The first kappa shape index (κ1) is 16.2. The van der Waals surface area contributed by atoms with Crippen LogP contribution in [-0.4, -0.2) is 104 Å². The van der Waals surface area contributed by atoms with Crippen molar-refractivity contribution < 1.29 is 4.79 Å². The second-order valence-corrected chi connectivity index (χ2v) is 7.24. The second kappa shape index (κ2) is 7.25. The standard InChI is InChI=1S/C16H31N5O/c1-18-5-3-15(4-6-18)20-8-10-21(11-9-20)16(22)13-19-7-2-14(17)12-19/h14-15H,2-13,17H2,1H3/t14-/m1/s1. The Balaban J connectivity index is 1.40. The first-order chi connectivity index (χ1) is 10.6. The van der Waals surface area contributed by atoms with Crippen molar-refractivity contribution in [2.45, 2.75) is 31.3 Å². The van der Waals surface area contributed by atoms with E-state index in [1.807, 2.05) is 0 Å². The number of piperidine rings is 1. The van der Waals surface area contributed by atoms with Gasteiger partial charge in [-0.2, -0.15) is 0 Å². The molecule has 0 radical (unpaired) electrons. The van der Waals surface area contributed by atoms with Gasteiger partial charge >= 0.3 is 0 Å². The highest BCUT2D eigenvalue weighted by Crippen LogP contribution is 2.17. The van der Waals surface area contributed by atoms with Gasteiger partial charge in [0.05, 0.1) is 6.54 Å². The van der Waals surface area contributed by atoms with Crippen LogP contribution in [0.25, 0.3) is 0 Å². The van der Waals surface area contributed by atoms with E-state index in [2.05, 4.69) is 26.6 Å². The van der Waals surface area contributed by atoms with Gasteiger partial charge < -0.3 is 15.5 Å². The minimum atomic E-state index is 0.258. The number of nitrogens with two attached hydrogens (primary N) is 1. The van der Waals surface area contributed by atoms with E-state index >= 15 is 0 Å². The Morgan fingerprint density at radius 3 is 2.27 bits per heavy atom. The summed E-state index contributed by atoms with van der Waals surface area (Å²) in [6.07, 6.45) is 3.57. The van der Waals surface area contributed by atoms with Gasteiger partial charge in [0.25, 0.3) is 0 Å². The number of piperazine rings is 1. The quantitative estimate of drug-likeness (QED) is 0.744. The number of likely N-dealkylation sites (tertiary alicyclic amines) is 2. The third-order valence-electron chi connectivity index (χ3n) is 5.54. The molecule has 3 heterocycles. The van der Waals surface area contributed by atoms with Crippen LogP contribution < -0.4 is 5.73 Å². The molecule has 3 fully saturated rings. The average molecular weight is 309 g/mol. The Morgan fingerprint density at radius 1 is 1.00 bits per heavy atom. The Bertz CT molecular complexity index is 375. The van der Waals surface area contributed by atoms with Gasteiger partial charge in [0, 0.05) is 51.4 Å². The van der Waals surface area contributed by atoms with E-state index in [0.29, 0.717) is 6.54 Å². The summed E-state index contributed by atoms with van der Waals surface area (Å²) in [6, 6.07) is 0.985. The van der Waals surface area contributed by atoms with E-state index in [1.54, 1.807) is 0 Å². The van der Waals surface area contributed by atoms with Crippen LogP contribution in [-0.2, 0) is 4.79 Å². The molecule has 0 aromatic carbocycles. The van der Waals surface area contributed by atoms with Crippen molar-refractivity contribution >= 4 is 5.91 Å². The minimum Gasteiger partial charge on any atom is -0.339 e. The molecular formula is C16H31N5O. The van der Waals surface area contributed by atoms with E-state index in [4.69, 9.17) is 5.73 Å². The first-order valence-electron chi connectivity index (χ1n) is 8.80. The van der Waals surface area contributed by atoms with E-state index in [0.717, 1.165) is 51.7 Å². The molecule has 3 rings (SSSR count). The van der Waals surface area contributed by atoms with Crippen LogP contribution in [0.3, 0.4) is 0 Å². The molecule has 126 valence electrons. The number of carbonyl (C=O) groups is 1. The van der Waals surface area contributed by atoms with Crippen molar-refractivity contribution in [3.05, 3.63) is 0 Å². The molecular weight excluding hydrogens is 278 g/mol. The molecule has 0 aliphatic carbocycles. The van der Waals surface area contributed by atoms with Crippen molar-refractivity contribution in [3.8, 4) is 0 Å². The van der Waals surface area contributed by atoms with Crippen LogP contribution in [0.4, 0.5) is 0 Å². The Hall–Kier alpha value is -0.690. The summed E-state index contributed by atoms with van der Waals surface area (Å²) in [5.74, 6) is 0.289. The molecule has 2 N–H and O–H groups in total. The maximum atomic E-state index is 12.4. The zero-order valence-electron chi connectivity index (χ0n) is 13.9. The normalized spacial score (nSPS) is 30.1. The average Bonchev–Trinajstić information content (AvgIpc) is 2.93. The minimum absolute atomic E-state index is 0.258. The molecule has 0 aromatic heterocycles. The molecule has 0 spiro atoms. The lowest BCUT2D eigenvalue weighted by molar-refractivity contribution is -0.134. The fourth-order valence-electron chi connectivity index (χ4n) is 3.99. The highest BCUT2D eigenvalue weighted by Gasteiger charge is 2.29. The van der Waals surface area contributed by atoms with Crippen LogP contribution in [0, 0.1) is 0 Å². The summed E-state index contributed by atoms with van der Waals surface area (Å²) in [5, 5.41) is 0. The van der Waals surface area contributed by atoms with Crippen molar-refractivity contribution in [3.63, 3.8) is 0 Å². The van der Waals surface area contributed by atoms with E-state index in [9.17, 15) is 4.79 Å². The maximum Gasteiger partial charge on any atom is 0.236 e. The van der Waals surface area contributed by atoms with Gasteiger partial charge in [-0.15, -0.1) is 0 Å². The summed E-state index contributed by atoms with van der Waals surface area (Å²) in [4.78, 5) is 21.7. The Morgan fingerprint density at radius 2 is 1.68 bits per heavy atom. The van der Waals surface area contributed by atoms with Crippen molar-refractivity contribution in [1.29, 1.82) is 0 Å². The molecule has 1 amide bonds. The number of hydrogen-bond acceptors (Lipinski definition) is 5. The van der Waals surface area contributed by atoms with E-state index in [1.165, 1.54) is 25.9 Å². The summed E-state index contributed by atoms with van der Waals surface area (Å²) in [5.41, 5.74) is 5.91. The lowest BCUT2D eigenvalue weighted by atomic mass is 10.0. The Kier molecular flexibility index (Phi) is 5.33. The van der Waals surface area contributed by atoms with Gasteiger partial charge in [-0.1, -0.05) is 0 Å². The number of hydrogen-bond donors (Lipinski definition) is 1. The van der Waals surface area contributed by atoms with Gasteiger partial charge in [0.15, 0.2) is 0 Å². The molecule has 22 heavy (non-hydrogen) atoms. The third kappa shape index (κ3) is 3.98. The van der Waals surface area contributed by atoms with E-state index in [-0.39, 0.29) is 11.9 Å². The highest BCUT2D eigenvalue weighted by atomic mass is 16.2. The summed E-state index contributed by atoms with van der Waals surface area (Å²) in [6.45, 7) is 8.69. The molecule has 3 aliphatic heterocycles. The van der Waals surface area contributed by atoms with Crippen molar-refractivity contribution in [1.82, 2.24) is 19.6 Å².